The van der Waals surface area contributed by atoms with Gasteiger partial charge >= 0.3 is 5.97 Å². The third-order valence-electron chi connectivity index (χ3n) is 3.74. The summed E-state index contributed by atoms with van der Waals surface area (Å²) in [6, 6.07) is 17.2. The van der Waals surface area contributed by atoms with Crippen molar-refractivity contribution < 1.29 is 23.5 Å². The highest BCUT2D eigenvalue weighted by molar-refractivity contribution is 6.33. The number of esters is 1. The average molecular weight is 400 g/mol. The van der Waals surface area contributed by atoms with Crippen molar-refractivity contribution in [3.05, 3.63) is 71.4 Å². The molecule has 0 aliphatic heterocycles. The van der Waals surface area contributed by atoms with Gasteiger partial charge in [-0.25, -0.2) is 4.79 Å². The van der Waals surface area contributed by atoms with Gasteiger partial charge in [-0.05, 0) is 43.3 Å². The van der Waals surface area contributed by atoms with Gasteiger partial charge < -0.3 is 19.2 Å². The summed E-state index contributed by atoms with van der Waals surface area (Å²) in [6.45, 7) is 1.86. The fraction of sp³-hybridized carbons (Fsp3) is 0.143. The van der Waals surface area contributed by atoms with Gasteiger partial charge in [-0.3, -0.25) is 4.79 Å². The van der Waals surface area contributed by atoms with Crippen molar-refractivity contribution in [1.82, 2.24) is 0 Å². The maximum Gasteiger partial charge on any atom is 0.374 e. The van der Waals surface area contributed by atoms with Gasteiger partial charge in [0.05, 0.1) is 17.3 Å². The number of rotatable bonds is 7. The summed E-state index contributed by atoms with van der Waals surface area (Å²) in [6.07, 6.45) is 0. The van der Waals surface area contributed by atoms with Gasteiger partial charge in [0.2, 0.25) is 5.76 Å². The number of amides is 1. The molecule has 0 aliphatic rings. The van der Waals surface area contributed by atoms with Crippen LogP contribution in [0.1, 0.15) is 17.5 Å². The van der Waals surface area contributed by atoms with Crippen molar-refractivity contribution >= 4 is 29.2 Å². The standard InChI is InChI=1S/C21H18ClNO5/c1-2-26-18-10-6-5-9-16(18)23-20(24)13-27-21(25)19-12-11-17(28-19)14-7-3-4-8-15(14)22/h3-12H,2,13H2,1H3,(H,23,24). The fourth-order valence-electron chi connectivity index (χ4n) is 2.49. The van der Waals surface area contributed by atoms with Crippen LogP contribution in [-0.2, 0) is 9.53 Å². The van der Waals surface area contributed by atoms with E-state index < -0.39 is 18.5 Å². The van der Waals surface area contributed by atoms with Crippen LogP contribution in [0.15, 0.2) is 65.1 Å². The van der Waals surface area contributed by atoms with E-state index >= 15 is 0 Å². The lowest BCUT2D eigenvalue weighted by molar-refractivity contribution is -0.119. The largest absolute Gasteiger partial charge is 0.492 e. The van der Waals surface area contributed by atoms with Gasteiger partial charge in [-0.15, -0.1) is 0 Å². The summed E-state index contributed by atoms with van der Waals surface area (Å²) in [5.74, 6) is -0.268. The first-order valence-corrected chi connectivity index (χ1v) is 9.00. The normalized spacial score (nSPS) is 10.4. The number of carbonyl (C=O) groups is 2. The Morgan fingerprint density at radius 1 is 1.04 bits per heavy atom. The monoisotopic (exact) mass is 399 g/mol. The Morgan fingerprint density at radius 2 is 1.79 bits per heavy atom. The Hall–Kier alpha value is -3.25. The second-order valence-corrected chi connectivity index (χ2v) is 6.10. The maximum absolute atomic E-state index is 12.1. The average Bonchev–Trinajstić information content (AvgIpc) is 3.18. The van der Waals surface area contributed by atoms with Crippen LogP contribution in [0.25, 0.3) is 11.3 Å². The lowest BCUT2D eigenvalue weighted by Crippen LogP contribution is -2.21. The van der Waals surface area contributed by atoms with Gasteiger partial charge in [0.25, 0.3) is 5.91 Å². The molecule has 144 valence electrons. The number of hydrogen-bond acceptors (Lipinski definition) is 5. The van der Waals surface area contributed by atoms with E-state index in [0.717, 1.165) is 0 Å². The first kappa shape index (κ1) is 19.5. The molecule has 3 aromatic rings. The summed E-state index contributed by atoms with van der Waals surface area (Å²) in [7, 11) is 0. The van der Waals surface area contributed by atoms with Crippen LogP contribution in [-0.4, -0.2) is 25.1 Å². The Bertz CT molecular complexity index is 982. The first-order chi connectivity index (χ1) is 13.6. The number of hydrogen-bond donors (Lipinski definition) is 1. The van der Waals surface area contributed by atoms with Gasteiger partial charge in [0, 0.05) is 5.56 Å². The zero-order chi connectivity index (χ0) is 19.9. The molecule has 28 heavy (non-hydrogen) atoms. The van der Waals surface area contributed by atoms with E-state index in [9.17, 15) is 9.59 Å². The van der Waals surface area contributed by atoms with Crippen molar-refractivity contribution in [1.29, 1.82) is 0 Å². The highest BCUT2D eigenvalue weighted by Crippen LogP contribution is 2.29. The molecule has 1 amide bonds. The van der Waals surface area contributed by atoms with Crippen LogP contribution in [0.4, 0.5) is 5.69 Å². The first-order valence-electron chi connectivity index (χ1n) is 8.62. The molecule has 1 aromatic heterocycles. The minimum absolute atomic E-state index is 0.0163. The Kier molecular flexibility index (Phi) is 6.34. The summed E-state index contributed by atoms with van der Waals surface area (Å²) in [4.78, 5) is 24.2. The number of para-hydroxylation sites is 2. The van der Waals surface area contributed by atoms with Crippen molar-refractivity contribution in [2.75, 3.05) is 18.5 Å². The van der Waals surface area contributed by atoms with Crippen LogP contribution in [0.3, 0.4) is 0 Å². The number of furan rings is 1. The Balaban J connectivity index is 1.59. The fourth-order valence-corrected chi connectivity index (χ4v) is 2.72. The van der Waals surface area contributed by atoms with Gasteiger partial charge in [0.1, 0.15) is 11.5 Å². The minimum atomic E-state index is -0.744. The zero-order valence-corrected chi connectivity index (χ0v) is 15.9. The SMILES string of the molecule is CCOc1ccccc1NC(=O)COC(=O)c1ccc(-c2ccccc2Cl)o1. The molecular weight excluding hydrogens is 382 g/mol. The molecule has 0 saturated carbocycles. The second-order valence-electron chi connectivity index (χ2n) is 5.70. The molecule has 2 aromatic carbocycles. The molecule has 0 radical (unpaired) electrons. The topological polar surface area (TPSA) is 77.8 Å². The Labute approximate surface area is 167 Å². The third-order valence-corrected chi connectivity index (χ3v) is 4.07. The third kappa shape index (κ3) is 4.72. The van der Waals surface area contributed by atoms with Crippen LogP contribution < -0.4 is 10.1 Å². The van der Waals surface area contributed by atoms with Crippen molar-refractivity contribution in [3.63, 3.8) is 0 Å². The molecule has 0 fully saturated rings. The lowest BCUT2D eigenvalue weighted by atomic mass is 10.2. The predicted molar refractivity (Wildman–Crippen MR) is 106 cm³/mol. The summed E-state index contributed by atoms with van der Waals surface area (Å²) in [5.41, 5.74) is 1.16. The Morgan fingerprint density at radius 3 is 2.57 bits per heavy atom. The smallest absolute Gasteiger partial charge is 0.374 e. The highest BCUT2D eigenvalue weighted by atomic mass is 35.5. The second kappa shape index (κ2) is 9.10. The number of benzene rings is 2. The molecule has 0 bridgehead atoms. The van der Waals surface area contributed by atoms with E-state index in [4.69, 9.17) is 25.5 Å². The zero-order valence-electron chi connectivity index (χ0n) is 15.1. The van der Waals surface area contributed by atoms with Gasteiger partial charge in [0.15, 0.2) is 6.61 Å². The lowest BCUT2D eigenvalue weighted by Gasteiger charge is -2.11. The van der Waals surface area contributed by atoms with Crippen molar-refractivity contribution in [2.45, 2.75) is 6.92 Å². The number of anilines is 1. The molecular formula is C21H18ClNO5. The summed E-state index contributed by atoms with van der Waals surface area (Å²) >= 11 is 6.12. The van der Waals surface area contributed by atoms with Gasteiger partial charge in [-0.1, -0.05) is 35.9 Å². The molecule has 0 saturated heterocycles. The highest BCUT2D eigenvalue weighted by Gasteiger charge is 2.17. The molecule has 7 heteroatoms. The van der Waals surface area contributed by atoms with Crippen molar-refractivity contribution in [2.24, 2.45) is 0 Å². The molecule has 3 rings (SSSR count). The van der Waals surface area contributed by atoms with Gasteiger partial charge in [-0.2, -0.15) is 0 Å². The number of ether oxygens (including phenoxy) is 2. The number of nitrogens with one attached hydrogen (secondary N) is 1. The molecule has 0 aliphatic carbocycles. The van der Waals surface area contributed by atoms with Crippen LogP contribution in [0, 0.1) is 0 Å². The molecule has 1 heterocycles. The van der Waals surface area contributed by atoms with Crippen molar-refractivity contribution in [3.8, 4) is 17.1 Å². The predicted octanol–water partition coefficient (Wildman–Crippen LogP) is 4.79. The van der Waals surface area contributed by atoms with Crippen LogP contribution in [0.2, 0.25) is 5.02 Å². The quantitative estimate of drug-likeness (QED) is 0.578. The summed E-state index contributed by atoms with van der Waals surface area (Å²) < 4.78 is 16.0. The van der Waals surface area contributed by atoms with E-state index in [1.54, 1.807) is 48.5 Å². The minimum Gasteiger partial charge on any atom is -0.492 e. The van der Waals surface area contributed by atoms with E-state index in [-0.39, 0.29) is 5.76 Å². The van der Waals surface area contributed by atoms with E-state index in [1.807, 2.05) is 13.0 Å². The van der Waals surface area contributed by atoms with E-state index in [1.165, 1.54) is 6.07 Å². The molecule has 0 unspecified atom stereocenters. The number of carbonyl (C=O) groups excluding carboxylic acids is 2. The van der Waals surface area contributed by atoms with Crippen LogP contribution in [0.5, 0.6) is 5.75 Å². The number of halogens is 1. The maximum atomic E-state index is 12.1. The molecule has 0 spiro atoms. The van der Waals surface area contributed by atoms with E-state index in [2.05, 4.69) is 5.32 Å². The molecule has 6 nitrogen and oxygen atoms in total. The molecule has 1 N–H and O–H groups in total. The van der Waals surface area contributed by atoms with E-state index in [0.29, 0.717) is 34.4 Å². The summed E-state index contributed by atoms with van der Waals surface area (Å²) in [5, 5.41) is 3.16. The molecule has 0 atom stereocenters. The van der Waals surface area contributed by atoms with Crippen LogP contribution >= 0.6 is 11.6 Å².